The highest BCUT2D eigenvalue weighted by Crippen LogP contribution is 2.28. The van der Waals surface area contributed by atoms with E-state index in [-0.39, 0.29) is 17.1 Å². The topological polar surface area (TPSA) is 57.6 Å². The predicted molar refractivity (Wildman–Crippen MR) is 83.3 cm³/mol. The van der Waals surface area contributed by atoms with Gasteiger partial charge in [0.25, 0.3) is 0 Å². The number of amides is 1. The normalized spacial score (nSPS) is 17.5. The van der Waals surface area contributed by atoms with Crippen LogP contribution in [0.25, 0.3) is 0 Å². The number of carbonyl (C=O) groups excluding carboxylic acids is 1. The van der Waals surface area contributed by atoms with Crippen molar-refractivity contribution >= 4 is 23.6 Å². The Morgan fingerprint density at radius 1 is 1.29 bits per heavy atom. The van der Waals surface area contributed by atoms with Crippen LogP contribution in [0.15, 0.2) is 35.2 Å². The van der Waals surface area contributed by atoms with Crippen molar-refractivity contribution in [3.8, 4) is 0 Å². The average molecular weight is 307 g/mol. The lowest BCUT2D eigenvalue weighted by Gasteiger charge is -2.32. The number of hydrogen-bond donors (Lipinski definition) is 1. The van der Waals surface area contributed by atoms with Gasteiger partial charge in [0.2, 0.25) is 5.91 Å². The molecule has 21 heavy (non-hydrogen) atoms. The van der Waals surface area contributed by atoms with E-state index in [9.17, 15) is 9.59 Å². The lowest BCUT2D eigenvalue weighted by atomic mass is 9.97. The number of thioether (sulfide) groups is 1. The third kappa shape index (κ3) is 4.24. The number of benzene rings is 1. The minimum absolute atomic E-state index is 0.0891. The Balaban J connectivity index is 1.93. The van der Waals surface area contributed by atoms with Gasteiger partial charge >= 0.3 is 5.97 Å². The minimum atomic E-state index is -0.743. The summed E-state index contributed by atoms with van der Waals surface area (Å²) in [6.45, 7) is 3.13. The first-order valence-corrected chi connectivity index (χ1v) is 8.23. The molecular weight excluding hydrogens is 286 g/mol. The average Bonchev–Trinajstić information content (AvgIpc) is 2.53. The number of carboxylic acids is 1. The molecule has 5 heteroatoms. The van der Waals surface area contributed by atoms with Crippen molar-refractivity contribution < 1.29 is 14.7 Å². The van der Waals surface area contributed by atoms with Crippen LogP contribution in [0.2, 0.25) is 0 Å². The van der Waals surface area contributed by atoms with Gasteiger partial charge in [0.1, 0.15) is 0 Å². The summed E-state index contributed by atoms with van der Waals surface area (Å²) in [5.41, 5.74) is 0. The molecule has 0 radical (unpaired) electrons. The van der Waals surface area contributed by atoms with E-state index in [2.05, 4.69) is 0 Å². The quantitative estimate of drug-likeness (QED) is 0.850. The van der Waals surface area contributed by atoms with Gasteiger partial charge in [-0.3, -0.25) is 9.59 Å². The van der Waals surface area contributed by atoms with Gasteiger partial charge in [-0.2, -0.15) is 0 Å². The number of carboxylic acid groups (broad SMARTS) is 1. The molecule has 0 saturated carbocycles. The van der Waals surface area contributed by atoms with Crippen molar-refractivity contribution in [2.75, 3.05) is 13.1 Å². The van der Waals surface area contributed by atoms with Gasteiger partial charge in [0, 0.05) is 18.0 Å². The molecule has 0 spiro atoms. The van der Waals surface area contributed by atoms with E-state index in [1.807, 2.05) is 42.2 Å². The van der Waals surface area contributed by atoms with Gasteiger partial charge < -0.3 is 10.0 Å². The number of nitrogens with zero attached hydrogens (tertiary/aromatic N) is 1. The van der Waals surface area contributed by atoms with E-state index in [4.69, 9.17) is 5.11 Å². The molecule has 0 aromatic heterocycles. The molecule has 1 saturated heterocycles. The largest absolute Gasteiger partial charge is 0.481 e. The van der Waals surface area contributed by atoms with Crippen molar-refractivity contribution in [2.45, 2.75) is 36.3 Å². The molecular formula is C16H21NO3S. The Morgan fingerprint density at radius 2 is 1.90 bits per heavy atom. The summed E-state index contributed by atoms with van der Waals surface area (Å²) in [5.74, 6) is -0.904. The molecule has 1 aliphatic heterocycles. The number of hydrogen-bond acceptors (Lipinski definition) is 3. The highest BCUT2D eigenvalue weighted by Gasteiger charge is 2.30. The first-order chi connectivity index (χ1) is 10.1. The van der Waals surface area contributed by atoms with Gasteiger partial charge in [-0.15, -0.1) is 11.8 Å². The van der Waals surface area contributed by atoms with Crippen LogP contribution in [-0.4, -0.2) is 40.2 Å². The summed E-state index contributed by atoms with van der Waals surface area (Å²) >= 11 is 1.59. The molecule has 1 aromatic carbocycles. The van der Waals surface area contributed by atoms with Crippen LogP contribution in [0, 0.1) is 5.92 Å². The second-order valence-electron chi connectivity index (χ2n) is 5.27. The summed E-state index contributed by atoms with van der Waals surface area (Å²) in [6.07, 6.45) is 1.90. The Morgan fingerprint density at radius 3 is 2.43 bits per heavy atom. The summed E-state index contributed by atoms with van der Waals surface area (Å²) in [6, 6.07) is 9.92. The van der Waals surface area contributed by atoms with Crippen molar-refractivity contribution in [3.63, 3.8) is 0 Å². The first kappa shape index (κ1) is 15.9. The Kier molecular flexibility index (Phi) is 5.67. The SMILES string of the molecule is CCC(Sc1ccccc1)C(=O)N1CCC(C(=O)O)CC1. The Labute approximate surface area is 129 Å². The fourth-order valence-corrected chi connectivity index (χ4v) is 3.58. The molecule has 2 rings (SSSR count). The summed E-state index contributed by atoms with van der Waals surface area (Å²) in [4.78, 5) is 26.4. The molecule has 1 aromatic rings. The molecule has 1 N–H and O–H groups in total. The monoisotopic (exact) mass is 307 g/mol. The predicted octanol–water partition coefficient (Wildman–Crippen LogP) is 2.88. The molecule has 1 amide bonds. The molecule has 1 unspecified atom stereocenters. The third-order valence-corrected chi connectivity index (χ3v) is 5.19. The zero-order chi connectivity index (χ0) is 15.2. The maximum atomic E-state index is 12.6. The van der Waals surface area contributed by atoms with Crippen LogP contribution in [0.4, 0.5) is 0 Å². The first-order valence-electron chi connectivity index (χ1n) is 7.35. The van der Waals surface area contributed by atoms with Crippen LogP contribution in [0.3, 0.4) is 0 Å². The molecule has 1 atom stereocenters. The Bertz CT molecular complexity index is 484. The van der Waals surface area contributed by atoms with E-state index < -0.39 is 5.97 Å². The fourth-order valence-electron chi connectivity index (χ4n) is 2.52. The van der Waals surface area contributed by atoms with E-state index >= 15 is 0 Å². The molecule has 114 valence electrons. The number of likely N-dealkylation sites (tertiary alicyclic amines) is 1. The summed E-state index contributed by atoms with van der Waals surface area (Å²) in [7, 11) is 0. The number of carbonyl (C=O) groups is 2. The van der Waals surface area contributed by atoms with Crippen molar-refractivity contribution in [2.24, 2.45) is 5.92 Å². The van der Waals surface area contributed by atoms with E-state index in [1.165, 1.54) is 0 Å². The maximum absolute atomic E-state index is 12.6. The standard InChI is InChI=1S/C16H21NO3S/c1-2-14(21-13-6-4-3-5-7-13)15(18)17-10-8-12(9-11-17)16(19)20/h3-7,12,14H,2,8-11H2,1H3,(H,19,20). The van der Waals surface area contributed by atoms with Crippen LogP contribution >= 0.6 is 11.8 Å². The highest BCUT2D eigenvalue weighted by molar-refractivity contribution is 8.00. The summed E-state index contributed by atoms with van der Waals surface area (Å²) < 4.78 is 0. The fraction of sp³-hybridized carbons (Fsp3) is 0.500. The van der Waals surface area contributed by atoms with Gasteiger partial charge in [-0.25, -0.2) is 0 Å². The lowest BCUT2D eigenvalue weighted by molar-refractivity contribution is -0.145. The number of piperidine rings is 1. The second-order valence-corrected chi connectivity index (χ2v) is 6.54. The van der Waals surface area contributed by atoms with Gasteiger partial charge in [0.15, 0.2) is 0 Å². The number of rotatable bonds is 5. The second kappa shape index (κ2) is 7.50. The van der Waals surface area contributed by atoms with Crippen molar-refractivity contribution in [1.82, 2.24) is 4.90 Å². The molecule has 1 fully saturated rings. The molecule has 0 aliphatic carbocycles. The third-order valence-electron chi connectivity index (χ3n) is 3.82. The summed E-state index contributed by atoms with van der Waals surface area (Å²) in [5, 5.41) is 8.92. The zero-order valence-electron chi connectivity index (χ0n) is 12.2. The molecule has 1 heterocycles. The molecule has 4 nitrogen and oxygen atoms in total. The van der Waals surface area contributed by atoms with E-state index in [0.717, 1.165) is 11.3 Å². The van der Waals surface area contributed by atoms with Gasteiger partial charge in [0.05, 0.1) is 11.2 Å². The zero-order valence-corrected chi connectivity index (χ0v) is 13.0. The molecule has 0 bridgehead atoms. The Hall–Kier alpha value is -1.49. The van der Waals surface area contributed by atoms with Crippen LogP contribution in [0.5, 0.6) is 0 Å². The van der Waals surface area contributed by atoms with Crippen LogP contribution in [0.1, 0.15) is 26.2 Å². The lowest BCUT2D eigenvalue weighted by Crippen LogP contribution is -2.44. The van der Waals surface area contributed by atoms with Gasteiger partial charge in [-0.05, 0) is 31.4 Å². The van der Waals surface area contributed by atoms with Crippen LogP contribution < -0.4 is 0 Å². The smallest absolute Gasteiger partial charge is 0.306 e. The van der Waals surface area contributed by atoms with E-state index in [0.29, 0.717) is 25.9 Å². The van der Waals surface area contributed by atoms with Crippen LogP contribution in [-0.2, 0) is 9.59 Å². The highest BCUT2D eigenvalue weighted by atomic mass is 32.2. The minimum Gasteiger partial charge on any atom is -0.481 e. The number of aliphatic carboxylic acids is 1. The van der Waals surface area contributed by atoms with Crippen molar-refractivity contribution in [3.05, 3.63) is 30.3 Å². The van der Waals surface area contributed by atoms with Gasteiger partial charge in [-0.1, -0.05) is 25.1 Å². The van der Waals surface area contributed by atoms with E-state index in [1.54, 1.807) is 11.8 Å². The molecule has 1 aliphatic rings. The maximum Gasteiger partial charge on any atom is 0.306 e. The van der Waals surface area contributed by atoms with Crippen molar-refractivity contribution in [1.29, 1.82) is 0 Å².